The molecule has 1 aliphatic heterocycles. The molecule has 0 aromatic heterocycles. The minimum atomic E-state index is -0.786. The second kappa shape index (κ2) is 9.60. The first-order valence-corrected chi connectivity index (χ1v) is 9.67. The van der Waals surface area contributed by atoms with Crippen LogP contribution in [0.1, 0.15) is 16.8 Å². The predicted molar refractivity (Wildman–Crippen MR) is 110 cm³/mol. The van der Waals surface area contributed by atoms with Crippen molar-refractivity contribution >= 4 is 52.6 Å². The van der Waals surface area contributed by atoms with Crippen LogP contribution in [0.15, 0.2) is 48.5 Å². The SMILES string of the molecule is O=C(COC(=O)[C@H]1CC(=O)N(NC(=O)c2ccccc2)C1)Nc1ccc(Cl)c(Cl)c1. The lowest BCUT2D eigenvalue weighted by atomic mass is 10.1. The highest BCUT2D eigenvalue weighted by molar-refractivity contribution is 6.42. The Labute approximate surface area is 182 Å². The molecule has 2 N–H and O–H groups in total. The Hall–Kier alpha value is -3.10. The van der Waals surface area contributed by atoms with Gasteiger partial charge in [0.25, 0.3) is 11.8 Å². The summed E-state index contributed by atoms with van der Waals surface area (Å²) < 4.78 is 5.00. The monoisotopic (exact) mass is 449 g/mol. The van der Waals surface area contributed by atoms with Gasteiger partial charge in [-0.15, -0.1) is 0 Å². The summed E-state index contributed by atoms with van der Waals surface area (Å²) in [5.41, 5.74) is 3.26. The lowest BCUT2D eigenvalue weighted by Gasteiger charge is -2.17. The molecule has 2 aromatic rings. The van der Waals surface area contributed by atoms with Crippen LogP contribution >= 0.6 is 23.2 Å². The number of amides is 3. The van der Waals surface area contributed by atoms with Crippen molar-refractivity contribution in [3.05, 3.63) is 64.1 Å². The second-order valence-electron chi connectivity index (χ2n) is 6.50. The first kappa shape index (κ1) is 21.6. The molecule has 0 spiro atoms. The third kappa shape index (κ3) is 5.49. The van der Waals surface area contributed by atoms with Crippen LogP contribution in [0.5, 0.6) is 0 Å². The molecule has 0 aliphatic carbocycles. The van der Waals surface area contributed by atoms with Crippen molar-refractivity contribution in [3.63, 3.8) is 0 Å². The van der Waals surface area contributed by atoms with Gasteiger partial charge in [-0.25, -0.2) is 0 Å². The number of hydrazine groups is 1. The van der Waals surface area contributed by atoms with Gasteiger partial charge >= 0.3 is 5.97 Å². The molecular formula is C20H17Cl2N3O5. The smallest absolute Gasteiger partial charge is 0.311 e. The molecule has 0 unspecified atom stereocenters. The Balaban J connectivity index is 1.47. The topological polar surface area (TPSA) is 105 Å². The van der Waals surface area contributed by atoms with Crippen LogP contribution in [-0.4, -0.2) is 41.9 Å². The number of anilines is 1. The van der Waals surface area contributed by atoms with Crippen molar-refractivity contribution < 1.29 is 23.9 Å². The standard InChI is InChI=1S/C20H17Cl2N3O5/c21-15-7-6-14(9-16(15)22)23-17(26)11-30-20(29)13-8-18(27)25(10-13)24-19(28)12-4-2-1-3-5-12/h1-7,9,13H,8,10-11H2,(H,23,26)(H,24,28)/t13-/m0/s1. The number of hydrogen-bond donors (Lipinski definition) is 2. The Morgan fingerprint density at radius 1 is 1.07 bits per heavy atom. The number of rotatable bonds is 6. The minimum Gasteiger partial charge on any atom is -0.455 e. The molecule has 8 nitrogen and oxygen atoms in total. The van der Waals surface area contributed by atoms with E-state index in [1.165, 1.54) is 12.1 Å². The van der Waals surface area contributed by atoms with Crippen LogP contribution in [-0.2, 0) is 19.1 Å². The van der Waals surface area contributed by atoms with E-state index in [4.69, 9.17) is 27.9 Å². The fourth-order valence-corrected chi connectivity index (χ4v) is 3.07. The fourth-order valence-electron chi connectivity index (χ4n) is 2.78. The highest BCUT2D eigenvalue weighted by atomic mass is 35.5. The summed E-state index contributed by atoms with van der Waals surface area (Å²) >= 11 is 11.7. The maximum Gasteiger partial charge on any atom is 0.311 e. The molecule has 30 heavy (non-hydrogen) atoms. The summed E-state index contributed by atoms with van der Waals surface area (Å²) in [5.74, 6) is -2.93. The van der Waals surface area contributed by atoms with Gasteiger partial charge < -0.3 is 10.1 Å². The van der Waals surface area contributed by atoms with E-state index >= 15 is 0 Å². The molecule has 10 heteroatoms. The van der Waals surface area contributed by atoms with Crippen molar-refractivity contribution in [1.29, 1.82) is 0 Å². The van der Waals surface area contributed by atoms with Gasteiger partial charge in [0.05, 0.1) is 22.5 Å². The summed E-state index contributed by atoms with van der Waals surface area (Å²) in [6.07, 6.45) is -0.123. The van der Waals surface area contributed by atoms with Gasteiger partial charge in [0.1, 0.15) is 0 Å². The van der Waals surface area contributed by atoms with Crippen LogP contribution in [0, 0.1) is 5.92 Å². The van der Waals surface area contributed by atoms with E-state index < -0.39 is 36.2 Å². The number of benzene rings is 2. The molecule has 0 radical (unpaired) electrons. The van der Waals surface area contributed by atoms with Gasteiger partial charge in [-0.05, 0) is 30.3 Å². The number of ether oxygens (including phenoxy) is 1. The number of hydrogen-bond acceptors (Lipinski definition) is 5. The zero-order valence-corrected chi connectivity index (χ0v) is 17.1. The Kier molecular flexibility index (Phi) is 6.91. The van der Waals surface area contributed by atoms with E-state index in [9.17, 15) is 19.2 Å². The van der Waals surface area contributed by atoms with Gasteiger partial charge in [0.15, 0.2) is 6.61 Å². The summed E-state index contributed by atoms with van der Waals surface area (Å²) in [4.78, 5) is 48.4. The summed E-state index contributed by atoms with van der Waals surface area (Å²) in [6.45, 7) is -0.565. The Morgan fingerprint density at radius 2 is 1.80 bits per heavy atom. The van der Waals surface area contributed by atoms with Gasteiger partial charge in [-0.3, -0.25) is 29.6 Å². The molecular weight excluding hydrogens is 433 g/mol. The van der Waals surface area contributed by atoms with E-state index in [1.807, 2.05) is 0 Å². The van der Waals surface area contributed by atoms with Gasteiger partial charge in [0, 0.05) is 17.7 Å². The molecule has 0 bridgehead atoms. The van der Waals surface area contributed by atoms with E-state index in [0.29, 0.717) is 16.3 Å². The fraction of sp³-hybridized carbons (Fsp3) is 0.200. The molecule has 1 heterocycles. The molecule has 1 fully saturated rings. The third-order valence-electron chi connectivity index (χ3n) is 4.28. The Morgan fingerprint density at radius 3 is 2.50 bits per heavy atom. The highest BCUT2D eigenvalue weighted by Crippen LogP contribution is 2.25. The van der Waals surface area contributed by atoms with E-state index in [2.05, 4.69) is 10.7 Å². The van der Waals surface area contributed by atoms with Crippen molar-refractivity contribution in [2.45, 2.75) is 6.42 Å². The van der Waals surface area contributed by atoms with Crippen LogP contribution in [0.2, 0.25) is 10.0 Å². The van der Waals surface area contributed by atoms with Crippen LogP contribution in [0.25, 0.3) is 0 Å². The zero-order chi connectivity index (χ0) is 21.7. The first-order chi connectivity index (χ1) is 14.3. The minimum absolute atomic E-state index is 0.0371. The largest absolute Gasteiger partial charge is 0.455 e. The lowest BCUT2D eigenvalue weighted by molar-refractivity contribution is -0.151. The second-order valence-corrected chi connectivity index (χ2v) is 7.31. The molecule has 1 aliphatic rings. The molecule has 0 saturated carbocycles. The molecule has 3 amide bonds. The van der Waals surface area contributed by atoms with E-state index in [0.717, 1.165) is 5.01 Å². The van der Waals surface area contributed by atoms with Crippen molar-refractivity contribution in [1.82, 2.24) is 10.4 Å². The lowest BCUT2D eigenvalue weighted by Crippen LogP contribution is -2.43. The highest BCUT2D eigenvalue weighted by Gasteiger charge is 2.36. The van der Waals surface area contributed by atoms with Crippen molar-refractivity contribution in [3.8, 4) is 0 Å². The van der Waals surface area contributed by atoms with Crippen molar-refractivity contribution in [2.75, 3.05) is 18.5 Å². The molecule has 3 rings (SSSR count). The first-order valence-electron chi connectivity index (χ1n) is 8.91. The van der Waals surface area contributed by atoms with Gasteiger partial charge in [0.2, 0.25) is 5.91 Å². The average Bonchev–Trinajstić information content (AvgIpc) is 3.10. The quantitative estimate of drug-likeness (QED) is 0.659. The molecule has 1 saturated heterocycles. The maximum atomic E-state index is 12.2. The number of halogens is 2. The predicted octanol–water partition coefficient (Wildman–Crippen LogP) is 2.67. The van der Waals surface area contributed by atoms with Gasteiger partial charge in [-0.1, -0.05) is 41.4 Å². The number of esters is 1. The summed E-state index contributed by atoms with van der Waals surface area (Å²) in [5, 5.41) is 4.22. The summed E-state index contributed by atoms with van der Waals surface area (Å²) in [7, 11) is 0. The van der Waals surface area contributed by atoms with E-state index in [1.54, 1.807) is 36.4 Å². The molecule has 156 valence electrons. The van der Waals surface area contributed by atoms with Crippen molar-refractivity contribution in [2.24, 2.45) is 5.92 Å². The van der Waals surface area contributed by atoms with Crippen LogP contribution < -0.4 is 10.7 Å². The summed E-state index contributed by atoms with van der Waals surface area (Å²) in [6, 6.07) is 12.9. The third-order valence-corrected chi connectivity index (χ3v) is 5.02. The number of nitrogens with zero attached hydrogens (tertiary/aromatic N) is 1. The average molecular weight is 450 g/mol. The van der Waals surface area contributed by atoms with Crippen LogP contribution in [0.4, 0.5) is 5.69 Å². The van der Waals surface area contributed by atoms with E-state index in [-0.39, 0.29) is 18.0 Å². The molecule has 1 atom stereocenters. The van der Waals surface area contributed by atoms with Gasteiger partial charge in [-0.2, -0.15) is 0 Å². The zero-order valence-electron chi connectivity index (χ0n) is 15.6. The number of carbonyl (C=O) groups is 4. The normalized spacial score (nSPS) is 15.6. The number of carbonyl (C=O) groups excluding carboxylic acids is 4. The number of nitrogens with one attached hydrogen (secondary N) is 2. The molecule has 2 aromatic carbocycles. The van der Waals surface area contributed by atoms with Crippen LogP contribution in [0.3, 0.4) is 0 Å². The Bertz CT molecular complexity index is 984. The maximum absolute atomic E-state index is 12.2.